The molecule has 5 aromatic rings. The third-order valence-corrected chi connectivity index (χ3v) is 6.11. The second kappa shape index (κ2) is 6.73. The van der Waals surface area contributed by atoms with Crippen molar-refractivity contribution in [2.45, 2.75) is 10.9 Å². The molecule has 0 amide bonds. The molecule has 0 bridgehead atoms. The lowest BCUT2D eigenvalue weighted by Crippen LogP contribution is -2.13. The second-order valence-corrected chi connectivity index (χ2v) is 7.90. The highest BCUT2D eigenvalue weighted by molar-refractivity contribution is 7.98. The minimum atomic E-state index is -0.101. The molecule has 3 heterocycles. The largest absolute Gasteiger partial charge is 0.508 e. The van der Waals surface area contributed by atoms with Crippen molar-refractivity contribution in [2.75, 3.05) is 0 Å². The number of para-hydroxylation sites is 1. The number of aromatic nitrogens is 6. The quantitative estimate of drug-likeness (QED) is 0.457. The number of hydrogen-bond acceptors (Lipinski definition) is 8. The maximum Gasteiger partial charge on any atom is 0.259 e. The monoisotopic (exact) mass is 408 g/mol. The standard InChI is InChI=1S/C18H12N6O2S2/c25-13-7-5-12(6-8-13)24-18(20-21-22-24)27-10-11-9-16(26)23-14-3-1-2-4-15(14)28-17(23)19-11/h1-9,25H,10H2. The van der Waals surface area contributed by atoms with Crippen LogP contribution in [0.25, 0.3) is 20.9 Å². The molecule has 0 radical (unpaired) electrons. The number of thioether (sulfide) groups is 1. The maximum absolute atomic E-state index is 12.6. The predicted molar refractivity (Wildman–Crippen MR) is 107 cm³/mol. The minimum Gasteiger partial charge on any atom is -0.508 e. The lowest BCUT2D eigenvalue weighted by molar-refractivity contribution is 0.475. The molecule has 0 fully saturated rings. The third kappa shape index (κ3) is 2.92. The molecule has 10 heteroatoms. The highest BCUT2D eigenvalue weighted by atomic mass is 32.2. The van der Waals surface area contributed by atoms with Crippen LogP contribution in [-0.4, -0.2) is 34.7 Å². The number of fused-ring (bicyclic) bond motifs is 3. The Morgan fingerprint density at radius 1 is 1.11 bits per heavy atom. The minimum absolute atomic E-state index is 0.101. The highest BCUT2D eigenvalue weighted by Gasteiger charge is 2.13. The summed E-state index contributed by atoms with van der Waals surface area (Å²) in [6.45, 7) is 0. The van der Waals surface area contributed by atoms with Crippen molar-refractivity contribution in [3.8, 4) is 11.4 Å². The summed E-state index contributed by atoms with van der Waals surface area (Å²) in [5.41, 5.74) is 2.17. The summed E-state index contributed by atoms with van der Waals surface area (Å²) in [6.07, 6.45) is 0. The molecule has 0 aliphatic carbocycles. The molecule has 3 aromatic heterocycles. The first-order valence-corrected chi connectivity index (χ1v) is 10.1. The van der Waals surface area contributed by atoms with Crippen molar-refractivity contribution in [1.29, 1.82) is 0 Å². The average Bonchev–Trinajstić information content (AvgIpc) is 3.31. The summed E-state index contributed by atoms with van der Waals surface area (Å²) >= 11 is 2.88. The Balaban J connectivity index is 1.46. The van der Waals surface area contributed by atoms with Crippen LogP contribution in [0.15, 0.2) is 64.5 Å². The number of hydrogen-bond donors (Lipinski definition) is 1. The Hall–Kier alpha value is -3.24. The van der Waals surface area contributed by atoms with E-state index >= 15 is 0 Å². The van der Waals surface area contributed by atoms with Gasteiger partial charge in [0.05, 0.1) is 21.6 Å². The van der Waals surface area contributed by atoms with E-state index in [0.717, 1.165) is 15.9 Å². The molecular formula is C18H12N6O2S2. The van der Waals surface area contributed by atoms with Crippen LogP contribution in [-0.2, 0) is 5.75 Å². The Labute approximate surface area is 166 Å². The number of aromatic hydroxyl groups is 1. The average molecular weight is 408 g/mol. The van der Waals surface area contributed by atoms with E-state index in [4.69, 9.17) is 0 Å². The van der Waals surface area contributed by atoms with Gasteiger partial charge in [-0.25, -0.2) is 4.98 Å². The van der Waals surface area contributed by atoms with Crippen molar-refractivity contribution in [1.82, 2.24) is 29.6 Å². The zero-order valence-electron chi connectivity index (χ0n) is 14.3. The zero-order valence-corrected chi connectivity index (χ0v) is 15.9. The van der Waals surface area contributed by atoms with Crippen molar-refractivity contribution in [2.24, 2.45) is 0 Å². The van der Waals surface area contributed by atoms with Crippen LogP contribution in [0.1, 0.15) is 5.69 Å². The van der Waals surface area contributed by atoms with Gasteiger partial charge in [-0.05, 0) is 46.8 Å². The third-order valence-electron chi connectivity index (χ3n) is 4.13. The van der Waals surface area contributed by atoms with Gasteiger partial charge in [0.15, 0.2) is 4.96 Å². The molecule has 1 N–H and O–H groups in total. The van der Waals surface area contributed by atoms with Crippen LogP contribution in [0, 0.1) is 0 Å². The molecule has 5 rings (SSSR count). The maximum atomic E-state index is 12.6. The van der Waals surface area contributed by atoms with E-state index in [1.807, 2.05) is 24.3 Å². The molecule has 0 unspecified atom stereocenters. The summed E-state index contributed by atoms with van der Waals surface area (Å²) in [7, 11) is 0. The molecule has 138 valence electrons. The topological polar surface area (TPSA) is 98.2 Å². The van der Waals surface area contributed by atoms with Gasteiger partial charge >= 0.3 is 0 Å². The van der Waals surface area contributed by atoms with Gasteiger partial charge in [0, 0.05) is 11.8 Å². The summed E-state index contributed by atoms with van der Waals surface area (Å²) in [4.78, 5) is 17.9. The van der Waals surface area contributed by atoms with E-state index in [9.17, 15) is 9.90 Å². The molecule has 0 saturated carbocycles. The number of thiazole rings is 1. The Morgan fingerprint density at radius 2 is 1.93 bits per heavy atom. The van der Waals surface area contributed by atoms with Gasteiger partial charge in [-0.1, -0.05) is 35.2 Å². The SMILES string of the molecule is O=c1cc(CSc2nnnn2-c2ccc(O)cc2)nc2sc3ccccc3n12. The Bertz CT molecular complexity index is 1360. The number of nitrogens with zero attached hydrogens (tertiary/aromatic N) is 6. The van der Waals surface area contributed by atoms with Gasteiger partial charge in [-0.3, -0.25) is 9.20 Å². The van der Waals surface area contributed by atoms with E-state index < -0.39 is 0 Å². The van der Waals surface area contributed by atoms with Crippen LogP contribution >= 0.6 is 23.1 Å². The molecule has 2 aromatic carbocycles. The summed E-state index contributed by atoms with van der Waals surface area (Å²) in [6, 6.07) is 15.9. The predicted octanol–water partition coefficient (Wildman–Crippen LogP) is 2.88. The number of phenolic OH excluding ortho intramolecular Hbond substituents is 1. The Kier molecular flexibility index (Phi) is 4.06. The lowest BCUT2D eigenvalue weighted by atomic mass is 10.3. The van der Waals surface area contributed by atoms with Crippen molar-refractivity contribution in [3.05, 3.63) is 70.6 Å². The van der Waals surface area contributed by atoms with Crippen LogP contribution in [0.4, 0.5) is 0 Å². The summed E-state index contributed by atoms with van der Waals surface area (Å²) < 4.78 is 4.23. The molecule has 0 spiro atoms. The number of benzene rings is 2. The Morgan fingerprint density at radius 3 is 2.79 bits per heavy atom. The zero-order chi connectivity index (χ0) is 19.1. The van der Waals surface area contributed by atoms with Crippen LogP contribution in [0.2, 0.25) is 0 Å². The van der Waals surface area contributed by atoms with Gasteiger partial charge in [0.25, 0.3) is 5.56 Å². The fourth-order valence-electron chi connectivity index (χ4n) is 2.86. The van der Waals surface area contributed by atoms with Crippen LogP contribution in [0.5, 0.6) is 5.75 Å². The van der Waals surface area contributed by atoms with Gasteiger partial charge in [-0.15, -0.1) is 5.10 Å². The summed E-state index contributed by atoms with van der Waals surface area (Å²) in [5, 5.41) is 21.8. The van der Waals surface area contributed by atoms with Crippen molar-refractivity contribution in [3.63, 3.8) is 0 Å². The molecule has 8 nitrogen and oxygen atoms in total. The molecule has 0 atom stereocenters. The molecule has 28 heavy (non-hydrogen) atoms. The van der Waals surface area contributed by atoms with E-state index in [-0.39, 0.29) is 11.3 Å². The van der Waals surface area contributed by atoms with E-state index in [0.29, 0.717) is 21.6 Å². The molecule has 0 aliphatic heterocycles. The first-order valence-electron chi connectivity index (χ1n) is 8.30. The van der Waals surface area contributed by atoms with Crippen LogP contribution in [0.3, 0.4) is 0 Å². The van der Waals surface area contributed by atoms with Gasteiger partial charge in [-0.2, -0.15) is 4.68 Å². The number of phenols is 1. The smallest absolute Gasteiger partial charge is 0.259 e. The number of tetrazole rings is 1. The van der Waals surface area contributed by atoms with Gasteiger partial charge in [0.2, 0.25) is 5.16 Å². The highest BCUT2D eigenvalue weighted by Crippen LogP contribution is 2.26. The molecule has 0 aliphatic rings. The number of rotatable bonds is 4. The molecular weight excluding hydrogens is 396 g/mol. The van der Waals surface area contributed by atoms with Crippen LogP contribution < -0.4 is 5.56 Å². The van der Waals surface area contributed by atoms with E-state index in [1.165, 1.54) is 23.1 Å². The normalized spacial score (nSPS) is 11.4. The molecule has 0 saturated heterocycles. The lowest BCUT2D eigenvalue weighted by Gasteiger charge is -2.04. The van der Waals surface area contributed by atoms with Crippen molar-refractivity contribution < 1.29 is 5.11 Å². The van der Waals surface area contributed by atoms with E-state index in [1.54, 1.807) is 39.4 Å². The second-order valence-electron chi connectivity index (χ2n) is 5.95. The van der Waals surface area contributed by atoms with Gasteiger partial charge < -0.3 is 5.11 Å². The van der Waals surface area contributed by atoms with E-state index in [2.05, 4.69) is 20.5 Å². The summed E-state index contributed by atoms with van der Waals surface area (Å²) in [5.74, 6) is 0.630. The van der Waals surface area contributed by atoms with Crippen molar-refractivity contribution >= 4 is 38.3 Å². The van der Waals surface area contributed by atoms with Gasteiger partial charge in [0.1, 0.15) is 5.75 Å². The first-order chi connectivity index (χ1) is 13.7. The fraction of sp³-hybridized carbons (Fsp3) is 0.0556. The fourth-order valence-corrected chi connectivity index (χ4v) is 4.69. The first kappa shape index (κ1) is 16.9.